The summed E-state index contributed by atoms with van der Waals surface area (Å²) in [4.78, 5) is 1.16. The summed E-state index contributed by atoms with van der Waals surface area (Å²) in [6, 6.07) is 14.3. The van der Waals surface area contributed by atoms with E-state index in [1.807, 2.05) is 40.5 Å². The number of benzene rings is 1. The molecule has 0 atom stereocenters. The van der Waals surface area contributed by atoms with Crippen molar-refractivity contribution in [1.29, 1.82) is 0 Å². The van der Waals surface area contributed by atoms with Gasteiger partial charge in [0.05, 0.1) is 17.6 Å². The fourth-order valence-electron chi connectivity index (χ4n) is 1.68. The molecular formula is C13H11N3S. The third-order valence-electron chi connectivity index (χ3n) is 2.50. The average Bonchev–Trinajstić information content (AvgIpc) is 3.00. The van der Waals surface area contributed by atoms with Crippen molar-refractivity contribution in [1.82, 2.24) is 15.0 Å². The highest BCUT2D eigenvalue weighted by Crippen LogP contribution is 2.21. The zero-order chi connectivity index (χ0) is 11.5. The molecule has 0 aliphatic rings. The average molecular weight is 241 g/mol. The SMILES string of the molecule is c1ccc(Cn2cc(-c3cccs3)nn2)cc1. The molecular weight excluding hydrogens is 230 g/mol. The van der Waals surface area contributed by atoms with Gasteiger partial charge in [-0.1, -0.05) is 41.6 Å². The molecule has 0 spiro atoms. The molecule has 0 unspecified atom stereocenters. The van der Waals surface area contributed by atoms with Crippen molar-refractivity contribution in [2.24, 2.45) is 0 Å². The Morgan fingerprint density at radius 1 is 1.06 bits per heavy atom. The van der Waals surface area contributed by atoms with E-state index in [4.69, 9.17) is 0 Å². The molecule has 0 radical (unpaired) electrons. The quantitative estimate of drug-likeness (QED) is 0.705. The Hall–Kier alpha value is -1.94. The fraction of sp³-hybridized carbons (Fsp3) is 0.0769. The molecule has 0 saturated carbocycles. The van der Waals surface area contributed by atoms with Crippen LogP contribution >= 0.6 is 11.3 Å². The summed E-state index contributed by atoms with van der Waals surface area (Å²) in [5.41, 5.74) is 2.17. The van der Waals surface area contributed by atoms with Crippen molar-refractivity contribution in [3.8, 4) is 10.6 Å². The molecule has 0 amide bonds. The lowest BCUT2D eigenvalue weighted by Gasteiger charge is -1.99. The van der Waals surface area contributed by atoms with E-state index in [0.717, 1.165) is 17.1 Å². The number of rotatable bonds is 3. The van der Waals surface area contributed by atoms with Crippen LogP contribution in [0.3, 0.4) is 0 Å². The largest absolute Gasteiger partial charge is 0.247 e. The summed E-state index contributed by atoms with van der Waals surface area (Å²) in [5, 5.41) is 10.4. The number of hydrogen-bond acceptors (Lipinski definition) is 3. The van der Waals surface area contributed by atoms with Gasteiger partial charge in [0.1, 0.15) is 5.69 Å². The zero-order valence-corrected chi connectivity index (χ0v) is 9.97. The van der Waals surface area contributed by atoms with Crippen LogP contribution in [-0.2, 0) is 6.54 Å². The first kappa shape index (κ1) is 10.2. The van der Waals surface area contributed by atoms with Gasteiger partial charge >= 0.3 is 0 Å². The normalized spacial score (nSPS) is 10.6. The van der Waals surface area contributed by atoms with E-state index in [1.165, 1.54) is 5.56 Å². The molecule has 17 heavy (non-hydrogen) atoms. The molecule has 2 heterocycles. The lowest BCUT2D eigenvalue weighted by Crippen LogP contribution is -1.99. The Kier molecular flexibility index (Phi) is 2.71. The van der Waals surface area contributed by atoms with E-state index in [0.29, 0.717) is 0 Å². The maximum atomic E-state index is 4.18. The van der Waals surface area contributed by atoms with E-state index in [1.54, 1.807) is 11.3 Å². The lowest BCUT2D eigenvalue weighted by atomic mass is 10.2. The van der Waals surface area contributed by atoms with Crippen LogP contribution in [0.2, 0.25) is 0 Å². The van der Waals surface area contributed by atoms with Crippen LogP contribution in [0.5, 0.6) is 0 Å². The van der Waals surface area contributed by atoms with Gasteiger partial charge in [-0.3, -0.25) is 0 Å². The molecule has 0 saturated heterocycles. The van der Waals surface area contributed by atoms with E-state index in [-0.39, 0.29) is 0 Å². The smallest absolute Gasteiger partial charge is 0.122 e. The lowest BCUT2D eigenvalue weighted by molar-refractivity contribution is 0.650. The Balaban J connectivity index is 1.82. The highest BCUT2D eigenvalue weighted by molar-refractivity contribution is 7.13. The Morgan fingerprint density at radius 2 is 1.94 bits per heavy atom. The van der Waals surface area contributed by atoms with Crippen LogP contribution in [0, 0.1) is 0 Å². The minimum atomic E-state index is 0.763. The molecule has 3 aromatic rings. The summed E-state index contributed by atoms with van der Waals surface area (Å²) in [5.74, 6) is 0. The second-order valence-electron chi connectivity index (χ2n) is 3.76. The molecule has 3 nitrogen and oxygen atoms in total. The van der Waals surface area contributed by atoms with Crippen LogP contribution in [0.1, 0.15) is 5.56 Å². The van der Waals surface area contributed by atoms with E-state index >= 15 is 0 Å². The molecule has 0 bridgehead atoms. The topological polar surface area (TPSA) is 30.7 Å². The third kappa shape index (κ3) is 2.26. The maximum absolute atomic E-state index is 4.18. The van der Waals surface area contributed by atoms with Crippen molar-refractivity contribution in [2.45, 2.75) is 6.54 Å². The summed E-state index contributed by atoms with van der Waals surface area (Å²) < 4.78 is 1.87. The molecule has 0 aliphatic heterocycles. The first-order chi connectivity index (χ1) is 8.42. The van der Waals surface area contributed by atoms with Gasteiger partial charge in [-0.05, 0) is 17.0 Å². The van der Waals surface area contributed by atoms with Gasteiger partial charge in [0.2, 0.25) is 0 Å². The van der Waals surface area contributed by atoms with Gasteiger partial charge in [-0.25, -0.2) is 4.68 Å². The van der Waals surface area contributed by atoms with Crippen LogP contribution in [0.25, 0.3) is 10.6 Å². The molecule has 1 aromatic carbocycles. The Morgan fingerprint density at radius 3 is 2.71 bits per heavy atom. The standard InChI is InChI=1S/C13H11N3S/c1-2-5-11(6-3-1)9-16-10-12(14-15-16)13-7-4-8-17-13/h1-8,10H,9H2. The van der Waals surface area contributed by atoms with Crippen molar-refractivity contribution in [3.63, 3.8) is 0 Å². The van der Waals surface area contributed by atoms with Crippen molar-refractivity contribution < 1.29 is 0 Å². The first-order valence-electron chi connectivity index (χ1n) is 5.40. The second kappa shape index (κ2) is 4.51. The van der Waals surface area contributed by atoms with Crippen molar-refractivity contribution >= 4 is 11.3 Å². The maximum Gasteiger partial charge on any atom is 0.122 e. The van der Waals surface area contributed by atoms with Crippen LogP contribution in [-0.4, -0.2) is 15.0 Å². The monoisotopic (exact) mass is 241 g/mol. The summed E-state index contributed by atoms with van der Waals surface area (Å²) in [7, 11) is 0. The van der Waals surface area contributed by atoms with Gasteiger partial charge in [0.25, 0.3) is 0 Å². The zero-order valence-electron chi connectivity index (χ0n) is 9.15. The van der Waals surface area contributed by atoms with Gasteiger partial charge in [0.15, 0.2) is 0 Å². The highest BCUT2D eigenvalue weighted by Gasteiger charge is 2.04. The van der Waals surface area contributed by atoms with Crippen molar-refractivity contribution in [2.75, 3.05) is 0 Å². The molecule has 2 aromatic heterocycles. The van der Waals surface area contributed by atoms with Crippen LogP contribution < -0.4 is 0 Å². The van der Waals surface area contributed by atoms with Crippen LogP contribution in [0.15, 0.2) is 54.0 Å². The van der Waals surface area contributed by atoms with Crippen molar-refractivity contribution in [3.05, 3.63) is 59.6 Å². The fourth-order valence-corrected chi connectivity index (χ4v) is 2.36. The van der Waals surface area contributed by atoms with Gasteiger partial charge in [-0.15, -0.1) is 16.4 Å². The Labute approximate surface area is 103 Å². The second-order valence-corrected chi connectivity index (χ2v) is 4.71. The molecule has 0 fully saturated rings. The predicted octanol–water partition coefficient (Wildman–Crippen LogP) is 3.05. The number of hydrogen-bond donors (Lipinski definition) is 0. The van der Waals surface area contributed by atoms with E-state index in [9.17, 15) is 0 Å². The first-order valence-corrected chi connectivity index (χ1v) is 6.28. The predicted molar refractivity (Wildman–Crippen MR) is 68.9 cm³/mol. The van der Waals surface area contributed by atoms with Crippen LogP contribution in [0.4, 0.5) is 0 Å². The van der Waals surface area contributed by atoms with E-state index < -0.39 is 0 Å². The minimum Gasteiger partial charge on any atom is -0.247 e. The highest BCUT2D eigenvalue weighted by atomic mass is 32.1. The summed E-state index contributed by atoms with van der Waals surface area (Å²) >= 11 is 1.68. The number of nitrogens with zero attached hydrogens (tertiary/aromatic N) is 3. The summed E-state index contributed by atoms with van der Waals surface area (Å²) in [6.07, 6.45) is 1.98. The van der Waals surface area contributed by atoms with Gasteiger partial charge in [0, 0.05) is 0 Å². The number of aromatic nitrogens is 3. The Bertz CT molecular complexity index is 584. The molecule has 3 rings (SSSR count). The van der Waals surface area contributed by atoms with E-state index in [2.05, 4.69) is 28.5 Å². The molecule has 0 N–H and O–H groups in total. The molecule has 4 heteroatoms. The molecule has 0 aliphatic carbocycles. The molecule has 84 valence electrons. The minimum absolute atomic E-state index is 0.763. The third-order valence-corrected chi connectivity index (χ3v) is 3.39. The number of thiophene rings is 1. The van der Waals surface area contributed by atoms with Gasteiger partial charge < -0.3 is 0 Å². The summed E-state index contributed by atoms with van der Waals surface area (Å²) in [6.45, 7) is 0.763. The van der Waals surface area contributed by atoms with Gasteiger partial charge in [-0.2, -0.15) is 0 Å².